The quantitative estimate of drug-likeness (QED) is 0.202. The highest BCUT2D eigenvalue weighted by Crippen LogP contribution is 2.75. The van der Waals surface area contributed by atoms with E-state index in [2.05, 4.69) is 121 Å². The van der Waals surface area contributed by atoms with Gasteiger partial charge in [-0.3, -0.25) is 4.98 Å². The van der Waals surface area contributed by atoms with Crippen molar-refractivity contribution >= 4 is 10.9 Å². The first-order valence-corrected chi connectivity index (χ1v) is 19.3. The van der Waals surface area contributed by atoms with Crippen molar-refractivity contribution in [3.63, 3.8) is 0 Å². The molecular formula is C45H55N3O. The van der Waals surface area contributed by atoms with Crippen molar-refractivity contribution in [1.82, 2.24) is 15.2 Å². The monoisotopic (exact) mass is 653 g/mol. The van der Waals surface area contributed by atoms with Crippen LogP contribution in [-0.4, -0.2) is 15.2 Å². The third-order valence-corrected chi connectivity index (χ3v) is 16.3. The van der Waals surface area contributed by atoms with Gasteiger partial charge in [0, 0.05) is 16.4 Å². The molecule has 9 rings (SSSR count). The van der Waals surface area contributed by atoms with Crippen LogP contribution in [0.2, 0.25) is 0 Å². The molecular weight excluding hydrogens is 599 g/mol. The van der Waals surface area contributed by atoms with Gasteiger partial charge < -0.3 is 4.42 Å². The van der Waals surface area contributed by atoms with Crippen LogP contribution < -0.4 is 0 Å². The molecule has 0 saturated heterocycles. The lowest BCUT2D eigenvalue weighted by molar-refractivity contribution is -0.157. The lowest BCUT2D eigenvalue weighted by Gasteiger charge is -2.71. The van der Waals surface area contributed by atoms with E-state index in [1.807, 2.05) is 0 Å². The van der Waals surface area contributed by atoms with Crippen LogP contribution in [0.25, 0.3) is 22.4 Å². The van der Waals surface area contributed by atoms with Gasteiger partial charge in [-0.1, -0.05) is 96.0 Å². The van der Waals surface area contributed by atoms with E-state index in [4.69, 9.17) is 14.5 Å². The molecule has 9 atom stereocenters. The number of pyridine rings is 1. The van der Waals surface area contributed by atoms with Gasteiger partial charge in [-0.15, -0.1) is 10.2 Å². The van der Waals surface area contributed by atoms with E-state index in [0.717, 1.165) is 36.2 Å². The van der Waals surface area contributed by atoms with Crippen molar-refractivity contribution < 1.29 is 4.42 Å². The molecule has 2 aromatic heterocycles. The zero-order chi connectivity index (χ0) is 34.1. The van der Waals surface area contributed by atoms with E-state index in [9.17, 15) is 0 Å². The Morgan fingerprint density at radius 1 is 0.816 bits per heavy atom. The smallest absolute Gasteiger partial charge is 0.247 e. The van der Waals surface area contributed by atoms with Crippen molar-refractivity contribution in [2.45, 2.75) is 118 Å². The number of hydrogen-bond donors (Lipinski definition) is 0. The largest absolute Gasteiger partial charge is 0.420 e. The molecule has 0 bridgehead atoms. The number of hydrogen-bond acceptors (Lipinski definition) is 4. The van der Waals surface area contributed by atoms with Gasteiger partial charge in [0.25, 0.3) is 0 Å². The van der Waals surface area contributed by atoms with Gasteiger partial charge in [-0.2, -0.15) is 0 Å². The number of para-hydroxylation sites is 1. The third kappa shape index (κ3) is 4.12. The molecule has 49 heavy (non-hydrogen) atoms. The normalized spacial score (nSPS) is 39.2. The second kappa shape index (κ2) is 10.4. The van der Waals surface area contributed by atoms with Crippen molar-refractivity contribution in [3.05, 3.63) is 89.0 Å². The maximum absolute atomic E-state index is 6.76. The average Bonchev–Trinajstić information content (AvgIpc) is 3.57. The van der Waals surface area contributed by atoms with Crippen molar-refractivity contribution in [2.75, 3.05) is 0 Å². The summed E-state index contributed by atoms with van der Waals surface area (Å²) in [6.45, 7) is 20.3. The predicted octanol–water partition coefficient (Wildman–Crippen LogP) is 11.2. The molecule has 3 saturated carbocycles. The van der Waals surface area contributed by atoms with Crippen LogP contribution >= 0.6 is 0 Å². The molecule has 0 unspecified atom stereocenters. The summed E-state index contributed by atoms with van der Waals surface area (Å²) in [7, 11) is 0. The minimum atomic E-state index is -0.0873. The van der Waals surface area contributed by atoms with Crippen LogP contribution in [0.3, 0.4) is 0 Å². The number of rotatable bonds is 2. The summed E-state index contributed by atoms with van der Waals surface area (Å²) in [5.74, 6) is 4.49. The van der Waals surface area contributed by atoms with Crippen molar-refractivity contribution in [1.29, 1.82) is 0 Å². The Balaban J connectivity index is 1.14. The first kappa shape index (κ1) is 31.7. The SMILES string of the molecule is Cc1ccc(-c2nnc([C@]34CC[C@@H](C)[C@H](C)[C@H]3C3=CC[C@@H]5[C@@]6(C)Cc7cc8ccccc8nc7C(C)(C)[C@@H]6CC[C@@]5(C)[C@]3(C)CC4)o2)cc1. The van der Waals surface area contributed by atoms with E-state index in [1.165, 1.54) is 54.3 Å². The summed E-state index contributed by atoms with van der Waals surface area (Å²) in [6.07, 6.45) is 12.3. The van der Waals surface area contributed by atoms with Gasteiger partial charge in [0.15, 0.2) is 0 Å². The van der Waals surface area contributed by atoms with Crippen LogP contribution in [0.5, 0.6) is 0 Å². The molecule has 4 nitrogen and oxygen atoms in total. The molecule has 2 heterocycles. The molecule has 0 amide bonds. The van der Waals surface area contributed by atoms with Gasteiger partial charge in [0.2, 0.25) is 11.8 Å². The van der Waals surface area contributed by atoms with E-state index in [1.54, 1.807) is 5.57 Å². The summed E-state index contributed by atoms with van der Waals surface area (Å²) in [4.78, 5) is 5.38. The van der Waals surface area contributed by atoms with E-state index in [-0.39, 0.29) is 27.1 Å². The summed E-state index contributed by atoms with van der Waals surface area (Å²) in [6, 6.07) is 19.8. The van der Waals surface area contributed by atoms with E-state index < -0.39 is 0 Å². The number of aromatic nitrogens is 3. The average molecular weight is 654 g/mol. The second-order valence-electron chi connectivity index (χ2n) is 18.7. The summed E-state index contributed by atoms with van der Waals surface area (Å²) in [5, 5.41) is 10.9. The lowest BCUT2D eigenvalue weighted by Crippen LogP contribution is -2.65. The molecule has 4 heteroatoms. The highest BCUT2D eigenvalue weighted by atomic mass is 16.4. The second-order valence-corrected chi connectivity index (χ2v) is 18.7. The first-order chi connectivity index (χ1) is 23.3. The van der Waals surface area contributed by atoms with E-state index >= 15 is 0 Å². The number of benzene rings is 2. The van der Waals surface area contributed by atoms with Crippen LogP contribution in [0, 0.1) is 52.8 Å². The van der Waals surface area contributed by atoms with Crippen LogP contribution in [0.4, 0.5) is 0 Å². The highest BCUT2D eigenvalue weighted by molar-refractivity contribution is 5.80. The molecule has 2 aromatic carbocycles. The molecule has 0 N–H and O–H groups in total. The van der Waals surface area contributed by atoms with Crippen molar-refractivity contribution in [3.8, 4) is 11.5 Å². The maximum atomic E-state index is 6.76. The Kier molecular flexibility index (Phi) is 6.72. The Morgan fingerprint density at radius 2 is 1.59 bits per heavy atom. The van der Waals surface area contributed by atoms with Crippen LogP contribution in [-0.2, 0) is 17.3 Å². The van der Waals surface area contributed by atoms with Gasteiger partial charge in [-0.25, -0.2) is 0 Å². The zero-order valence-corrected chi connectivity index (χ0v) is 31.1. The Morgan fingerprint density at radius 3 is 2.39 bits per heavy atom. The molecule has 0 aliphatic heterocycles. The Hall–Kier alpha value is -3.27. The fraction of sp³-hybridized carbons (Fsp3) is 0.578. The molecule has 0 spiro atoms. The lowest BCUT2D eigenvalue weighted by atomic mass is 9.33. The Labute approximate surface area is 293 Å². The summed E-state index contributed by atoms with van der Waals surface area (Å²) in [5.41, 5.74) is 8.54. The van der Waals surface area contributed by atoms with Crippen molar-refractivity contribution in [2.24, 2.45) is 45.8 Å². The fourth-order valence-corrected chi connectivity index (χ4v) is 13.3. The summed E-state index contributed by atoms with van der Waals surface area (Å²) >= 11 is 0. The fourth-order valence-electron chi connectivity index (χ4n) is 13.3. The standard InChI is InChI=1S/C45H55N3O/c1-27-13-15-30(16-14-27)39-47-48-40(49-39)45-22-19-28(2)29(3)37(45)33-17-18-36-42(6)26-32-25-31-11-9-10-12-34(31)46-38(32)41(4,5)35(42)20-21-44(36,8)43(33,7)23-24-45/h9-17,25,28-29,35-37H,18-24,26H2,1-8H3/t28-,29+,35+,36-,37+,42+,43-,44-,45+/m1/s1. The Bertz CT molecular complexity index is 1990. The van der Waals surface area contributed by atoms with Crippen LogP contribution in [0.15, 0.2) is 70.7 Å². The first-order valence-electron chi connectivity index (χ1n) is 19.3. The molecule has 256 valence electrons. The maximum Gasteiger partial charge on any atom is 0.247 e. The van der Waals surface area contributed by atoms with Crippen LogP contribution in [0.1, 0.15) is 116 Å². The highest BCUT2D eigenvalue weighted by Gasteiger charge is 2.69. The molecule has 3 fully saturated rings. The molecule has 0 radical (unpaired) electrons. The molecule has 4 aromatic rings. The summed E-state index contributed by atoms with van der Waals surface area (Å²) < 4.78 is 6.76. The third-order valence-electron chi connectivity index (χ3n) is 16.3. The minimum absolute atomic E-state index is 0.0424. The number of fused-ring (bicyclic) bond motifs is 9. The van der Waals surface area contributed by atoms with Gasteiger partial charge in [0.1, 0.15) is 0 Å². The topological polar surface area (TPSA) is 51.8 Å². The number of aryl methyl sites for hydroxylation is 1. The number of nitrogens with zero attached hydrogens (tertiary/aromatic N) is 3. The minimum Gasteiger partial charge on any atom is -0.420 e. The zero-order valence-electron chi connectivity index (χ0n) is 31.1. The molecule has 5 aliphatic rings. The van der Waals surface area contributed by atoms with Gasteiger partial charge in [-0.05, 0) is 134 Å². The number of allylic oxidation sites excluding steroid dienone is 2. The molecule has 5 aliphatic carbocycles. The predicted molar refractivity (Wildman–Crippen MR) is 198 cm³/mol. The van der Waals surface area contributed by atoms with Gasteiger partial charge >= 0.3 is 0 Å². The van der Waals surface area contributed by atoms with Gasteiger partial charge in [0.05, 0.1) is 16.6 Å². The van der Waals surface area contributed by atoms with E-state index in [0.29, 0.717) is 35.5 Å².